The highest BCUT2D eigenvalue weighted by Crippen LogP contribution is 2.34. The zero-order chi connectivity index (χ0) is 21.5. The standard InChI is InChI=1S/C27H23FN2O/c1-17-7-10-19(11-8-17)25-16-23(22-5-3-4-6-24(22)29-25)27(31)30-18(2)9-12-20-15-21(28)13-14-26(20)30/h3-8,10-11,13-16,18H,9,12H2,1-2H3. The number of amides is 1. The van der Waals surface area contributed by atoms with Crippen LogP contribution in [0.4, 0.5) is 10.1 Å². The molecule has 1 aliphatic rings. The molecule has 0 spiro atoms. The molecule has 0 saturated carbocycles. The van der Waals surface area contributed by atoms with Crippen LogP contribution in [0.25, 0.3) is 22.2 Å². The first kappa shape index (κ1) is 19.4. The molecule has 4 heteroatoms. The van der Waals surface area contributed by atoms with Crippen LogP contribution in [0.2, 0.25) is 0 Å². The number of rotatable bonds is 2. The first-order valence-electron chi connectivity index (χ1n) is 10.6. The van der Waals surface area contributed by atoms with Gasteiger partial charge in [-0.05, 0) is 62.6 Å². The van der Waals surface area contributed by atoms with Crippen molar-refractivity contribution >= 4 is 22.5 Å². The van der Waals surface area contributed by atoms with Gasteiger partial charge in [0.1, 0.15) is 5.82 Å². The highest BCUT2D eigenvalue weighted by molar-refractivity contribution is 6.15. The molecule has 1 atom stereocenters. The molecule has 0 fully saturated rings. The van der Waals surface area contributed by atoms with Crippen molar-refractivity contribution in [1.29, 1.82) is 0 Å². The van der Waals surface area contributed by atoms with Crippen LogP contribution in [-0.2, 0) is 6.42 Å². The number of hydrogen-bond donors (Lipinski definition) is 0. The minimum absolute atomic E-state index is 0.0280. The predicted molar refractivity (Wildman–Crippen MR) is 123 cm³/mol. The predicted octanol–water partition coefficient (Wildman–Crippen LogP) is 6.33. The number of halogens is 1. The van der Waals surface area contributed by atoms with Gasteiger partial charge in [-0.3, -0.25) is 4.79 Å². The average Bonchev–Trinajstić information content (AvgIpc) is 2.78. The molecule has 0 bridgehead atoms. The fourth-order valence-corrected chi connectivity index (χ4v) is 4.38. The molecule has 3 nitrogen and oxygen atoms in total. The van der Waals surface area contributed by atoms with E-state index in [4.69, 9.17) is 4.98 Å². The van der Waals surface area contributed by atoms with Crippen molar-refractivity contribution in [1.82, 2.24) is 4.98 Å². The van der Waals surface area contributed by atoms with Crippen LogP contribution in [-0.4, -0.2) is 16.9 Å². The van der Waals surface area contributed by atoms with E-state index in [1.807, 2.05) is 66.4 Å². The molecular weight excluding hydrogens is 387 g/mol. The van der Waals surface area contributed by atoms with Crippen molar-refractivity contribution in [2.45, 2.75) is 32.7 Å². The lowest BCUT2D eigenvalue weighted by atomic mass is 9.94. The zero-order valence-electron chi connectivity index (χ0n) is 17.6. The number of carbonyl (C=O) groups is 1. The quantitative estimate of drug-likeness (QED) is 0.387. The number of anilines is 1. The summed E-state index contributed by atoms with van der Waals surface area (Å²) in [5.74, 6) is -0.344. The first-order valence-corrected chi connectivity index (χ1v) is 10.6. The molecule has 0 radical (unpaired) electrons. The number of benzene rings is 3. The Morgan fingerprint density at radius 2 is 1.81 bits per heavy atom. The molecule has 0 N–H and O–H groups in total. The lowest BCUT2D eigenvalue weighted by Gasteiger charge is -2.35. The van der Waals surface area contributed by atoms with Gasteiger partial charge in [0.2, 0.25) is 0 Å². The number of pyridine rings is 1. The molecule has 1 amide bonds. The molecule has 5 rings (SSSR count). The smallest absolute Gasteiger partial charge is 0.259 e. The normalized spacial score (nSPS) is 15.7. The third kappa shape index (κ3) is 3.48. The van der Waals surface area contributed by atoms with E-state index in [-0.39, 0.29) is 17.8 Å². The third-order valence-corrected chi connectivity index (χ3v) is 6.09. The van der Waals surface area contributed by atoms with Gasteiger partial charge in [0.25, 0.3) is 5.91 Å². The van der Waals surface area contributed by atoms with Gasteiger partial charge < -0.3 is 4.90 Å². The largest absolute Gasteiger partial charge is 0.305 e. The van der Waals surface area contributed by atoms with Crippen LogP contribution >= 0.6 is 0 Å². The van der Waals surface area contributed by atoms with Crippen molar-refractivity contribution in [3.8, 4) is 11.3 Å². The summed E-state index contributed by atoms with van der Waals surface area (Å²) < 4.78 is 13.8. The molecule has 0 saturated heterocycles. The molecular formula is C27H23FN2O. The zero-order valence-corrected chi connectivity index (χ0v) is 17.6. The molecule has 2 heterocycles. The van der Waals surface area contributed by atoms with Crippen LogP contribution in [0.15, 0.2) is 72.8 Å². The van der Waals surface area contributed by atoms with Crippen LogP contribution in [0.5, 0.6) is 0 Å². The molecule has 4 aromatic rings. The summed E-state index contributed by atoms with van der Waals surface area (Å²) in [5, 5.41) is 0.824. The van der Waals surface area contributed by atoms with E-state index in [9.17, 15) is 9.18 Å². The summed E-state index contributed by atoms with van der Waals surface area (Å²) in [6.07, 6.45) is 1.57. The summed E-state index contributed by atoms with van der Waals surface area (Å²) in [6.45, 7) is 4.10. The monoisotopic (exact) mass is 410 g/mol. The minimum atomic E-state index is -0.267. The second-order valence-corrected chi connectivity index (χ2v) is 8.27. The lowest BCUT2D eigenvalue weighted by Crippen LogP contribution is -2.42. The van der Waals surface area contributed by atoms with Crippen molar-refractivity contribution < 1.29 is 9.18 Å². The Labute approximate surface area is 181 Å². The average molecular weight is 410 g/mol. The second kappa shape index (κ2) is 7.62. The number of fused-ring (bicyclic) bond motifs is 2. The van der Waals surface area contributed by atoms with E-state index in [1.165, 1.54) is 11.6 Å². The third-order valence-electron chi connectivity index (χ3n) is 6.09. The van der Waals surface area contributed by atoms with E-state index in [2.05, 4.69) is 6.92 Å². The summed E-state index contributed by atoms with van der Waals surface area (Å²) in [6, 6.07) is 22.5. The Morgan fingerprint density at radius 3 is 2.61 bits per heavy atom. The van der Waals surface area contributed by atoms with E-state index >= 15 is 0 Å². The van der Waals surface area contributed by atoms with Gasteiger partial charge in [0.05, 0.1) is 16.8 Å². The van der Waals surface area contributed by atoms with E-state index in [1.54, 1.807) is 12.1 Å². The minimum Gasteiger partial charge on any atom is -0.305 e. The van der Waals surface area contributed by atoms with Crippen molar-refractivity contribution in [3.63, 3.8) is 0 Å². The number of hydrogen-bond acceptors (Lipinski definition) is 2. The van der Waals surface area contributed by atoms with Gasteiger partial charge in [-0.2, -0.15) is 0 Å². The van der Waals surface area contributed by atoms with Crippen LogP contribution in [0, 0.1) is 12.7 Å². The Morgan fingerprint density at radius 1 is 1.03 bits per heavy atom. The van der Waals surface area contributed by atoms with Gasteiger partial charge in [0, 0.05) is 22.7 Å². The van der Waals surface area contributed by atoms with Gasteiger partial charge in [0.15, 0.2) is 0 Å². The maximum atomic E-state index is 13.9. The fraction of sp³-hybridized carbons (Fsp3) is 0.185. The number of aryl methyl sites for hydroxylation is 2. The molecule has 1 unspecified atom stereocenters. The van der Waals surface area contributed by atoms with E-state index in [0.717, 1.165) is 46.3 Å². The van der Waals surface area contributed by atoms with Crippen molar-refractivity contribution in [3.05, 3.63) is 95.3 Å². The Kier molecular flexibility index (Phi) is 4.78. The Hall–Kier alpha value is -3.53. The SMILES string of the molecule is Cc1ccc(-c2cc(C(=O)N3c4ccc(F)cc4CCC3C)c3ccccc3n2)cc1. The van der Waals surface area contributed by atoms with Crippen LogP contribution < -0.4 is 4.90 Å². The van der Waals surface area contributed by atoms with Crippen molar-refractivity contribution in [2.75, 3.05) is 4.90 Å². The summed E-state index contributed by atoms with van der Waals surface area (Å²) in [5.41, 5.74) is 5.99. The first-order chi connectivity index (χ1) is 15.0. The highest BCUT2D eigenvalue weighted by Gasteiger charge is 2.30. The summed E-state index contributed by atoms with van der Waals surface area (Å²) in [4.78, 5) is 20.6. The molecule has 1 aromatic heterocycles. The Bertz CT molecular complexity index is 1300. The summed E-state index contributed by atoms with van der Waals surface area (Å²) >= 11 is 0. The van der Waals surface area contributed by atoms with Gasteiger partial charge in [-0.1, -0.05) is 48.0 Å². The topological polar surface area (TPSA) is 33.2 Å². The van der Waals surface area contributed by atoms with E-state index < -0.39 is 0 Å². The Balaban J connectivity index is 1.68. The fourth-order valence-electron chi connectivity index (χ4n) is 4.38. The molecule has 31 heavy (non-hydrogen) atoms. The second-order valence-electron chi connectivity index (χ2n) is 8.27. The number of carbonyl (C=O) groups excluding carboxylic acids is 1. The summed E-state index contributed by atoms with van der Waals surface area (Å²) in [7, 11) is 0. The van der Waals surface area contributed by atoms with Gasteiger partial charge in [-0.15, -0.1) is 0 Å². The van der Waals surface area contributed by atoms with Crippen molar-refractivity contribution in [2.24, 2.45) is 0 Å². The molecule has 3 aromatic carbocycles. The van der Waals surface area contributed by atoms with Crippen LogP contribution in [0.3, 0.4) is 0 Å². The highest BCUT2D eigenvalue weighted by atomic mass is 19.1. The maximum absolute atomic E-state index is 13.9. The lowest BCUT2D eigenvalue weighted by molar-refractivity contribution is 0.0976. The van der Waals surface area contributed by atoms with Gasteiger partial charge in [-0.25, -0.2) is 9.37 Å². The number of aromatic nitrogens is 1. The van der Waals surface area contributed by atoms with E-state index in [0.29, 0.717) is 5.56 Å². The van der Waals surface area contributed by atoms with Gasteiger partial charge >= 0.3 is 0 Å². The number of para-hydroxylation sites is 1. The number of nitrogens with zero attached hydrogens (tertiary/aromatic N) is 2. The molecule has 154 valence electrons. The van der Waals surface area contributed by atoms with Crippen LogP contribution in [0.1, 0.15) is 34.8 Å². The molecule has 0 aliphatic carbocycles. The molecule has 1 aliphatic heterocycles. The maximum Gasteiger partial charge on any atom is 0.259 e.